The molecule has 0 radical (unpaired) electrons. The maximum absolute atomic E-state index is 12.3. The second kappa shape index (κ2) is 8.48. The molecule has 0 atom stereocenters. The maximum atomic E-state index is 12.3. The number of anilines is 1. The first-order valence-corrected chi connectivity index (χ1v) is 11.4. The maximum Gasteiger partial charge on any atom is 0.242 e. The second-order valence-corrected chi connectivity index (χ2v) is 10.2. The molecule has 1 aromatic heterocycles. The molecule has 0 unspecified atom stereocenters. The largest absolute Gasteiger partial charge is 0.497 e. The SMILES string of the molecule is COc1ccc(SCC(=O)Nc2nc3ccc(S(=O)(=O)N(C)C)cc3s2)cc1. The summed E-state index contributed by atoms with van der Waals surface area (Å²) in [5.41, 5.74) is 0.640. The Kier molecular flexibility index (Phi) is 6.23. The van der Waals surface area contributed by atoms with Crippen LogP contribution in [0.1, 0.15) is 0 Å². The van der Waals surface area contributed by atoms with E-state index in [1.807, 2.05) is 24.3 Å². The molecule has 0 bridgehead atoms. The average Bonchev–Trinajstić information content (AvgIpc) is 3.07. The normalized spacial score (nSPS) is 11.7. The fourth-order valence-corrected chi connectivity index (χ4v) is 4.93. The van der Waals surface area contributed by atoms with Gasteiger partial charge < -0.3 is 10.1 Å². The number of carbonyl (C=O) groups excluding carboxylic acids is 1. The van der Waals surface area contributed by atoms with Crippen LogP contribution in [-0.2, 0) is 14.8 Å². The van der Waals surface area contributed by atoms with Gasteiger partial charge in [-0.3, -0.25) is 4.79 Å². The number of rotatable bonds is 7. The third kappa shape index (κ3) is 4.64. The highest BCUT2D eigenvalue weighted by Gasteiger charge is 2.18. The van der Waals surface area contributed by atoms with E-state index in [0.717, 1.165) is 15.0 Å². The first kappa shape index (κ1) is 20.6. The monoisotopic (exact) mass is 437 g/mol. The van der Waals surface area contributed by atoms with Crippen molar-refractivity contribution in [1.29, 1.82) is 0 Å². The van der Waals surface area contributed by atoms with Crippen LogP contribution in [0.4, 0.5) is 5.13 Å². The van der Waals surface area contributed by atoms with E-state index in [0.29, 0.717) is 15.3 Å². The lowest BCUT2D eigenvalue weighted by molar-refractivity contribution is -0.113. The van der Waals surface area contributed by atoms with Gasteiger partial charge in [-0.05, 0) is 42.5 Å². The molecule has 0 aliphatic rings. The number of aromatic nitrogens is 1. The minimum absolute atomic E-state index is 0.180. The number of thiazole rings is 1. The summed E-state index contributed by atoms with van der Waals surface area (Å²) in [6, 6.07) is 12.2. The summed E-state index contributed by atoms with van der Waals surface area (Å²) in [4.78, 5) is 17.7. The van der Waals surface area contributed by atoms with Gasteiger partial charge in [0, 0.05) is 19.0 Å². The first-order valence-electron chi connectivity index (χ1n) is 8.19. The number of nitrogens with one attached hydrogen (secondary N) is 1. The quantitative estimate of drug-likeness (QED) is 0.571. The lowest BCUT2D eigenvalue weighted by Gasteiger charge is -2.10. The van der Waals surface area contributed by atoms with Crippen LogP contribution in [0.5, 0.6) is 5.75 Å². The predicted molar refractivity (Wildman–Crippen MR) is 113 cm³/mol. The first-order chi connectivity index (χ1) is 13.3. The second-order valence-electron chi connectivity index (χ2n) is 5.95. The summed E-state index contributed by atoms with van der Waals surface area (Å²) >= 11 is 2.65. The molecule has 0 spiro atoms. The van der Waals surface area contributed by atoms with E-state index in [1.54, 1.807) is 19.2 Å². The Labute approximate surface area is 171 Å². The molecule has 0 aliphatic carbocycles. The van der Waals surface area contributed by atoms with E-state index in [2.05, 4.69) is 10.3 Å². The highest BCUT2D eigenvalue weighted by Crippen LogP contribution is 2.29. The summed E-state index contributed by atoms with van der Waals surface area (Å²) < 4.78 is 31.5. The van der Waals surface area contributed by atoms with Gasteiger partial charge in [-0.2, -0.15) is 0 Å². The fourth-order valence-electron chi connectivity index (χ4n) is 2.31. The number of nitrogens with zero attached hydrogens (tertiary/aromatic N) is 2. The van der Waals surface area contributed by atoms with Crippen molar-refractivity contribution in [1.82, 2.24) is 9.29 Å². The third-order valence-corrected chi connectivity index (χ3v) is 7.57. The Bertz CT molecular complexity index is 1090. The highest BCUT2D eigenvalue weighted by molar-refractivity contribution is 8.00. The molecule has 7 nitrogen and oxygen atoms in total. The van der Waals surface area contributed by atoms with Crippen molar-refractivity contribution < 1.29 is 17.9 Å². The van der Waals surface area contributed by atoms with Gasteiger partial charge in [0.05, 0.1) is 28.0 Å². The van der Waals surface area contributed by atoms with Gasteiger partial charge in [-0.25, -0.2) is 17.7 Å². The number of carbonyl (C=O) groups is 1. The number of sulfonamides is 1. The minimum atomic E-state index is -3.51. The van der Waals surface area contributed by atoms with Crippen molar-refractivity contribution in [3.05, 3.63) is 42.5 Å². The van der Waals surface area contributed by atoms with Crippen molar-refractivity contribution in [2.75, 3.05) is 32.3 Å². The Hall–Kier alpha value is -2.14. The van der Waals surface area contributed by atoms with E-state index < -0.39 is 10.0 Å². The zero-order chi connectivity index (χ0) is 20.3. The molecule has 3 rings (SSSR count). The number of methoxy groups -OCH3 is 1. The van der Waals surface area contributed by atoms with Crippen LogP contribution >= 0.6 is 23.1 Å². The third-order valence-electron chi connectivity index (χ3n) is 3.81. The molecule has 0 aliphatic heterocycles. The number of ether oxygens (including phenoxy) is 1. The van der Waals surface area contributed by atoms with Crippen LogP contribution in [0.3, 0.4) is 0 Å². The highest BCUT2D eigenvalue weighted by atomic mass is 32.2. The van der Waals surface area contributed by atoms with Gasteiger partial charge >= 0.3 is 0 Å². The zero-order valence-corrected chi connectivity index (χ0v) is 18.0. The topological polar surface area (TPSA) is 88.6 Å². The number of benzene rings is 2. The number of hydrogen-bond acceptors (Lipinski definition) is 7. The fraction of sp³-hybridized carbons (Fsp3) is 0.222. The average molecular weight is 438 g/mol. The summed E-state index contributed by atoms with van der Waals surface area (Å²) in [5.74, 6) is 0.822. The molecule has 1 heterocycles. The number of hydrogen-bond donors (Lipinski definition) is 1. The van der Waals surface area contributed by atoms with Crippen LogP contribution in [-0.4, -0.2) is 50.6 Å². The molecule has 0 fully saturated rings. The van der Waals surface area contributed by atoms with Gasteiger partial charge in [-0.15, -0.1) is 11.8 Å². The lowest BCUT2D eigenvalue weighted by atomic mass is 10.3. The summed E-state index contributed by atoms with van der Waals surface area (Å²) in [6.45, 7) is 0. The van der Waals surface area contributed by atoms with Crippen molar-refractivity contribution >= 4 is 54.4 Å². The Morgan fingerprint density at radius 2 is 1.93 bits per heavy atom. The van der Waals surface area contributed by atoms with Gasteiger partial charge in [0.25, 0.3) is 0 Å². The molecular weight excluding hydrogens is 418 g/mol. The number of fused-ring (bicyclic) bond motifs is 1. The molecule has 1 N–H and O–H groups in total. The lowest BCUT2D eigenvalue weighted by Crippen LogP contribution is -2.22. The number of thioether (sulfide) groups is 1. The minimum Gasteiger partial charge on any atom is -0.497 e. The van der Waals surface area contributed by atoms with E-state index in [1.165, 1.54) is 43.3 Å². The summed E-state index contributed by atoms with van der Waals surface area (Å²) in [7, 11) is 1.06. The van der Waals surface area contributed by atoms with Gasteiger partial charge in [0.15, 0.2) is 5.13 Å². The van der Waals surface area contributed by atoms with Crippen LogP contribution < -0.4 is 10.1 Å². The molecule has 2 aromatic carbocycles. The summed E-state index contributed by atoms with van der Waals surface area (Å²) in [6.07, 6.45) is 0. The Balaban J connectivity index is 1.67. The van der Waals surface area contributed by atoms with E-state index in [-0.39, 0.29) is 16.6 Å². The standard InChI is InChI=1S/C18H19N3O4S3/c1-21(2)28(23,24)14-8-9-15-16(10-14)27-18(19-15)20-17(22)11-26-13-6-4-12(25-3)5-7-13/h4-10H,11H2,1-3H3,(H,19,20,22). The van der Waals surface area contributed by atoms with Crippen LogP contribution in [0.2, 0.25) is 0 Å². The molecule has 148 valence electrons. The van der Waals surface area contributed by atoms with Gasteiger partial charge in [0.2, 0.25) is 15.9 Å². The molecular formula is C18H19N3O4S3. The molecule has 0 saturated carbocycles. The predicted octanol–water partition coefficient (Wildman–Crippen LogP) is 3.29. The van der Waals surface area contributed by atoms with Crippen LogP contribution in [0.25, 0.3) is 10.2 Å². The molecule has 0 saturated heterocycles. The zero-order valence-electron chi connectivity index (χ0n) is 15.5. The van der Waals surface area contributed by atoms with Crippen molar-refractivity contribution in [3.8, 4) is 5.75 Å². The van der Waals surface area contributed by atoms with E-state index in [9.17, 15) is 13.2 Å². The van der Waals surface area contributed by atoms with Gasteiger partial charge in [0.1, 0.15) is 5.75 Å². The number of amides is 1. The molecule has 1 amide bonds. The Morgan fingerprint density at radius 3 is 2.57 bits per heavy atom. The molecule has 3 aromatic rings. The summed E-state index contributed by atoms with van der Waals surface area (Å²) in [5, 5.41) is 3.21. The van der Waals surface area contributed by atoms with Gasteiger partial charge in [-0.1, -0.05) is 11.3 Å². The Morgan fingerprint density at radius 1 is 1.21 bits per heavy atom. The van der Waals surface area contributed by atoms with Crippen LogP contribution in [0.15, 0.2) is 52.3 Å². The van der Waals surface area contributed by atoms with E-state index >= 15 is 0 Å². The van der Waals surface area contributed by atoms with Crippen molar-refractivity contribution in [3.63, 3.8) is 0 Å². The smallest absolute Gasteiger partial charge is 0.242 e. The molecule has 10 heteroatoms. The van der Waals surface area contributed by atoms with Crippen molar-refractivity contribution in [2.45, 2.75) is 9.79 Å². The van der Waals surface area contributed by atoms with E-state index in [4.69, 9.17) is 4.74 Å². The molecule has 28 heavy (non-hydrogen) atoms. The van der Waals surface area contributed by atoms with Crippen molar-refractivity contribution in [2.24, 2.45) is 0 Å². The van der Waals surface area contributed by atoms with Crippen LogP contribution in [0, 0.1) is 0 Å².